The number of methoxy groups -OCH3 is 1. The number of benzene rings is 1. The molecule has 1 heterocycles. The molecule has 24 heavy (non-hydrogen) atoms. The van der Waals surface area contributed by atoms with E-state index in [4.69, 9.17) is 9.47 Å². The minimum absolute atomic E-state index is 0.168. The van der Waals surface area contributed by atoms with Crippen molar-refractivity contribution in [1.82, 2.24) is 0 Å². The number of hydrogen-bond donors (Lipinski definition) is 2. The number of halogens is 2. The van der Waals surface area contributed by atoms with Crippen molar-refractivity contribution in [2.75, 3.05) is 31.0 Å². The molecule has 1 aromatic heterocycles. The van der Waals surface area contributed by atoms with E-state index in [1.807, 2.05) is 0 Å². The lowest BCUT2D eigenvalue weighted by Gasteiger charge is -2.09. The van der Waals surface area contributed by atoms with Gasteiger partial charge in [0.15, 0.2) is 0 Å². The van der Waals surface area contributed by atoms with Gasteiger partial charge in [0.05, 0.1) is 15.3 Å². The van der Waals surface area contributed by atoms with Crippen LogP contribution in [0.4, 0.5) is 16.2 Å². The topological polar surface area (TPSA) is 76.7 Å². The highest BCUT2D eigenvalue weighted by molar-refractivity contribution is 9.13. The second kappa shape index (κ2) is 9.16. The van der Waals surface area contributed by atoms with Gasteiger partial charge < -0.3 is 14.8 Å². The average Bonchev–Trinajstić information content (AvgIpc) is 2.87. The molecule has 0 radical (unpaired) electrons. The van der Waals surface area contributed by atoms with E-state index in [0.29, 0.717) is 22.9 Å². The van der Waals surface area contributed by atoms with Gasteiger partial charge in [-0.15, -0.1) is 11.3 Å². The highest BCUT2D eigenvalue weighted by Gasteiger charge is 2.12. The van der Waals surface area contributed by atoms with Crippen LogP contribution in [0.1, 0.15) is 9.67 Å². The van der Waals surface area contributed by atoms with Gasteiger partial charge in [-0.2, -0.15) is 0 Å². The largest absolute Gasteiger partial charge is 0.447 e. The smallest absolute Gasteiger partial charge is 0.411 e. The van der Waals surface area contributed by atoms with Crippen molar-refractivity contribution in [3.05, 3.63) is 43.5 Å². The van der Waals surface area contributed by atoms with E-state index in [0.717, 1.165) is 8.26 Å². The van der Waals surface area contributed by atoms with Gasteiger partial charge in [0.25, 0.3) is 5.91 Å². The van der Waals surface area contributed by atoms with Gasteiger partial charge >= 0.3 is 6.09 Å². The zero-order valence-corrected chi connectivity index (χ0v) is 16.6. The summed E-state index contributed by atoms with van der Waals surface area (Å²) in [5.41, 5.74) is 1.08. The third-order valence-electron chi connectivity index (χ3n) is 2.76. The van der Waals surface area contributed by atoms with Crippen LogP contribution in [0, 0.1) is 0 Å². The minimum Gasteiger partial charge on any atom is -0.447 e. The summed E-state index contributed by atoms with van der Waals surface area (Å²) in [6.07, 6.45) is -0.582. The van der Waals surface area contributed by atoms with E-state index in [1.54, 1.807) is 30.3 Å². The Kier molecular flexibility index (Phi) is 7.22. The van der Waals surface area contributed by atoms with Gasteiger partial charge in [0.1, 0.15) is 6.61 Å². The molecule has 9 heteroatoms. The number of amides is 2. The van der Waals surface area contributed by atoms with Crippen LogP contribution in [0.25, 0.3) is 0 Å². The maximum absolute atomic E-state index is 12.2. The lowest BCUT2D eigenvalue weighted by Crippen LogP contribution is -2.16. The second-order valence-electron chi connectivity index (χ2n) is 4.52. The Balaban J connectivity index is 1.97. The Labute approximate surface area is 159 Å². The monoisotopic (exact) mass is 476 g/mol. The summed E-state index contributed by atoms with van der Waals surface area (Å²) in [5.74, 6) is -0.230. The summed E-state index contributed by atoms with van der Waals surface area (Å²) >= 11 is 8.03. The highest BCUT2D eigenvalue weighted by atomic mass is 79.9. The Morgan fingerprint density at radius 1 is 1.12 bits per heavy atom. The first kappa shape index (κ1) is 18.9. The maximum Gasteiger partial charge on any atom is 0.411 e. The van der Waals surface area contributed by atoms with Crippen LogP contribution in [-0.2, 0) is 9.47 Å². The Bertz CT molecular complexity index is 717. The van der Waals surface area contributed by atoms with Gasteiger partial charge in [-0.25, -0.2) is 4.79 Å². The molecule has 0 aliphatic rings. The van der Waals surface area contributed by atoms with Crippen LogP contribution in [-0.4, -0.2) is 32.3 Å². The van der Waals surface area contributed by atoms with E-state index < -0.39 is 6.09 Å². The number of hydrogen-bond acceptors (Lipinski definition) is 5. The van der Waals surface area contributed by atoms with Gasteiger partial charge in [-0.1, -0.05) is 6.07 Å². The summed E-state index contributed by atoms with van der Waals surface area (Å²) in [6, 6.07) is 8.54. The molecule has 0 unspecified atom stereocenters. The minimum atomic E-state index is -0.582. The number of ether oxygens (including phenoxy) is 2. The predicted octanol–water partition coefficient (Wildman–Crippen LogP) is 4.72. The third kappa shape index (κ3) is 5.59. The molecule has 2 amide bonds. The highest BCUT2D eigenvalue weighted by Crippen LogP contribution is 2.32. The second-order valence-corrected chi connectivity index (χ2v) is 7.75. The van der Waals surface area contributed by atoms with E-state index >= 15 is 0 Å². The summed E-state index contributed by atoms with van der Waals surface area (Å²) in [5, 5.41) is 5.37. The molecule has 0 spiro atoms. The summed E-state index contributed by atoms with van der Waals surface area (Å²) < 4.78 is 11.4. The van der Waals surface area contributed by atoms with Crippen LogP contribution < -0.4 is 10.6 Å². The quantitative estimate of drug-likeness (QED) is 0.590. The molecule has 2 rings (SSSR count). The Morgan fingerprint density at radius 2 is 1.83 bits per heavy atom. The molecule has 0 atom stereocenters. The van der Waals surface area contributed by atoms with Gasteiger partial charge in [-0.05, 0) is 56.1 Å². The fourth-order valence-electron chi connectivity index (χ4n) is 1.70. The first-order chi connectivity index (χ1) is 11.5. The van der Waals surface area contributed by atoms with E-state index in [2.05, 4.69) is 42.5 Å². The number of anilines is 2. The van der Waals surface area contributed by atoms with Crippen LogP contribution in [0.3, 0.4) is 0 Å². The molecular formula is C15H14Br2N2O4S. The Hall–Kier alpha value is -1.42. The standard InChI is InChI=1S/C15H14Br2N2O4S/c1-22-5-6-23-15(21)19-10-4-2-3-9(7-10)18-14(20)12-8-11(16)13(17)24-12/h2-4,7-8H,5-6H2,1H3,(H,18,20)(H,19,21). The van der Waals surface area contributed by atoms with Crippen molar-refractivity contribution in [3.8, 4) is 0 Å². The lowest BCUT2D eigenvalue weighted by molar-refractivity contribution is 0.103. The molecule has 0 aliphatic heterocycles. The molecule has 0 saturated carbocycles. The van der Waals surface area contributed by atoms with Crippen molar-refractivity contribution in [2.45, 2.75) is 0 Å². The van der Waals surface area contributed by atoms with Crippen LogP contribution in [0.5, 0.6) is 0 Å². The lowest BCUT2D eigenvalue weighted by atomic mass is 10.2. The normalized spacial score (nSPS) is 10.3. The van der Waals surface area contributed by atoms with Crippen molar-refractivity contribution < 1.29 is 19.1 Å². The maximum atomic E-state index is 12.2. The van der Waals surface area contributed by atoms with Crippen molar-refractivity contribution >= 4 is 66.6 Å². The zero-order valence-electron chi connectivity index (χ0n) is 12.6. The fraction of sp³-hybridized carbons (Fsp3) is 0.200. The van der Waals surface area contributed by atoms with Crippen LogP contribution in [0.15, 0.2) is 38.6 Å². The first-order valence-electron chi connectivity index (χ1n) is 6.78. The molecule has 0 fully saturated rings. The molecule has 6 nitrogen and oxygen atoms in total. The summed E-state index contributed by atoms with van der Waals surface area (Å²) in [4.78, 5) is 24.4. The van der Waals surface area contributed by atoms with Gasteiger partial charge in [0.2, 0.25) is 0 Å². The number of carbonyl (C=O) groups excluding carboxylic acids is 2. The van der Waals surface area contributed by atoms with Gasteiger partial charge in [-0.3, -0.25) is 10.1 Å². The number of thiophene rings is 1. The molecular weight excluding hydrogens is 464 g/mol. The van der Waals surface area contributed by atoms with Crippen molar-refractivity contribution in [3.63, 3.8) is 0 Å². The molecule has 0 saturated heterocycles. The average molecular weight is 478 g/mol. The molecule has 2 N–H and O–H groups in total. The zero-order chi connectivity index (χ0) is 17.5. The van der Waals surface area contributed by atoms with E-state index in [-0.39, 0.29) is 12.5 Å². The molecule has 128 valence electrons. The molecule has 2 aromatic rings. The SMILES string of the molecule is COCCOC(=O)Nc1cccc(NC(=O)c2cc(Br)c(Br)s2)c1. The Morgan fingerprint density at radius 3 is 2.46 bits per heavy atom. The predicted molar refractivity (Wildman–Crippen MR) is 101 cm³/mol. The molecule has 0 bridgehead atoms. The number of rotatable bonds is 6. The first-order valence-corrected chi connectivity index (χ1v) is 9.19. The van der Waals surface area contributed by atoms with E-state index in [1.165, 1.54) is 18.4 Å². The third-order valence-corrected chi connectivity index (χ3v) is 6.01. The number of nitrogens with one attached hydrogen (secondary N) is 2. The molecule has 1 aromatic carbocycles. The van der Waals surface area contributed by atoms with Crippen LogP contribution >= 0.6 is 43.2 Å². The van der Waals surface area contributed by atoms with Crippen LogP contribution in [0.2, 0.25) is 0 Å². The van der Waals surface area contributed by atoms with Gasteiger partial charge in [0, 0.05) is 23.0 Å². The summed E-state index contributed by atoms with van der Waals surface area (Å²) in [6.45, 7) is 0.496. The summed E-state index contributed by atoms with van der Waals surface area (Å²) in [7, 11) is 1.53. The van der Waals surface area contributed by atoms with Crippen molar-refractivity contribution in [2.24, 2.45) is 0 Å². The van der Waals surface area contributed by atoms with E-state index in [9.17, 15) is 9.59 Å². The fourth-order valence-corrected chi connectivity index (χ4v) is 3.63. The van der Waals surface area contributed by atoms with Crippen molar-refractivity contribution in [1.29, 1.82) is 0 Å². The number of carbonyl (C=O) groups is 2. The molecule has 0 aliphatic carbocycles.